The summed E-state index contributed by atoms with van der Waals surface area (Å²) >= 11 is 0. The lowest BCUT2D eigenvalue weighted by molar-refractivity contribution is 0.164. The Kier molecular flexibility index (Phi) is 4.47. The summed E-state index contributed by atoms with van der Waals surface area (Å²) in [5, 5.41) is 11.9. The van der Waals surface area contributed by atoms with Crippen molar-refractivity contribution in [1.82, 2.24) is 10.2 Å². The molecule has 0 unspecified atom stereocenters. The van der Waals surface area contributed by atoms with Crippen LogP contribution in [0.15, 0.2) is 54.6 Å². The van der Waals surface area contributed by atoms with E-state index in [2.05, 4.69) is 71.7 Å². The van der Waals surface area contributed by atoms with Gasteiger partial charge in [-0.25, -0.2) is 0 Å². The highest BCUT2D eigenvalue weighted by Crippen LogP contribution is 2.39. The number of benzene rings is 4. The monoisotopic (exact) mass is 356 g/mol. The molecule has 2 nitrogen and oxygen atoms in total. The zero-order valence-electron chi connectivity index (χ0n) is 16.2. The summed E-state index contributed by atoms with van der Waals surface area (Å²) in [6.45, 7) is 6.81. The van der Waals surface area contributed by atoms with Crippen LogP contribution in [0.5, 0.6) is 0 Å². The van der Waals surface area contributed by atoms with E-state index < -0.39 is 0 Å². The minimum Gasteiger partial charge on any atom is -0.314 e. The molecule has 0 amide bonds. The van der Waals surface area contributed by atoms with Gasteiger partial charge in [-0.1, -0.05) is 74.4 Å². The average molecular weight is 357 g/mol. The van der Waals surface area contributed by atoms with Gasteiger partial charge < -0.3 is 5.32 Å². The molecule has 5 rings (SSSR count). The third-order valence-electron chi connectivity index (χ3n) is 6.34. The van der Waals surface area contributed by atoms with E-state index in [4.69, 9.17) is 0 Å². The van der Waals surface area contributed by atoms with Crippen LogP contribution in [0.1, 0.15) is 37.8 Å². The summed E-state index contributed by atoms with van der Waals surface area (Å²) in [6, 6.07) is 21.2. The van der Waals surface area contributed by atoms with E-state index in [0.717, 1.165) is 26.2 Å². The molecule has 27 heavy (non-hydrogen) atoms. The largest absolute Gasteiger partial charge is 0.314 e. The zero-order chi connectivity index (χ0) is 18.2. The number of unbranched alkanes of at least 4 members (excludes halogenated alkanes) is 1. The number of hydrogen-bond acceptors (Lipinski definition) is 2. The highest BCUT2D eigenvalue weighted by Gasteiger charge is 2.24. The van der Waals surface area contributed by atoms with Crippen LogP contribution >= 0.6 is 0 Å². The van der Waals surface area contributed by atoms with E-state index in [1.807, 2.05) is 0 Å². The van der Waals surface area contributed by atoms with Gasteiger partial charge in [-0.3, -0.25) is 4.90 Å². The molecule has 0 aliphatic carbocycles. The highest BCUT2D eigenvalue weighted by molar-refractivity contribution is 6.23. The fourth-order valence-electron chi connectivity index (χ4n) is 4.97. The predicted octanol–water partition coefficient (Wildman–Crippen LogP) is 5.72. The van der Waals surface area contributed by atoms with Gasteiger partial charge in [0.15, 0.2) is 0 Å². The molecule has 1 aliphatic heterocycles. The first-order chi connectivity index (χ1) is 13.4. The fourth-order valence-corrected chi connectivity index (χ4v) is 4.97. The van der Waals surface area contributed by atoms with Crippen molar-refractivity contribution < 1.29 is 0 Å². The number of hydrogen-bond donors (Lipinski definition) is 1. The molecule has 4 aromatic carbocycles. The van der Waals surface area contributed by atoms with Crippen LogP contribution in [0, 0.1) is 0 Å². The molecule has 0 bridgehead atoms. The van der Waals surface area contributed by atoms with Crippen LogP contribution in [-0.4, -0.2) is 31.1 Å². The topological polar surface area (TPSA) is 15.3 Å². The summed E-state index contributed by atoms with van der Waals surface area (Å²) in [4.78, 5) is 2.71. The SMILES string of the molecule is CCCC[C@H](c1ccc2ccc3cccc4ccc1c2c34)N1CCNCC1. The summed E-state index contributed by atoms with van der Waals surface area (Å²) in [7, 11) is 0. The van der Waals surface area contributed by atoms with Crippen LogP contribution in [0.2, 0.25) is 0 Å². The Balaban J connectivity index is 1.72. The molecule has 1 fully saturated rings. The number of nitrogens with one attached hydrogen (secondary N) is 1. The zero-order valence-corrected chi connectivity index (χ0v) is 16.2. The van der Waals surface area contributed by atoms with Crippen molar-refractivity contribution in [1.29, 1.82) is 0 Å². The quantitative estimate of drug-likeness (QED) is 0.460. The molecule has 2 heteroatoms. The van der Waals surface area contributed by atoms with Gasteiger partial charge in [-0.15, -0.1) is 0 Å². The minimum absolute atomic E-state index is 0.525. The van der Waals surface area contributed by atoms with Gasteiger partial charge >= 0.3 is 0 Å². The van der Waals surface area contributed by atoms with Crippen molar-refractivity contribution in [2.75, 3.05) is 26.2 Å². The Morgan fingerprint density at radius 3 is 2.26 bits per heavy atom. The summed E-state index contributed by atoms with van der Waals surface area (Å²) < 4.78 is 0. The smallest absolute Gasteiger partial charge is 0.0355 e. The van der Waals surface area contributed by atoms with Crippen LogP contribution in [-0.2, 0) is 0 Å². The molecule has 1 saturated heterocycles. The van der Waals surface area contributed by atoms with Crippen LogP contribution in [0.25, 0.3) is 32.3 Å². The summed E-state index contributed by atoms with van der Waals surface area (Å²) in [5.74, 6) is 0. The molecule has 0 aromatic heterocycles. The van der Waals surface area contributed by atoms with Crippen LogP contribution < -0.4 is 5.32 Å². The fraction of sp³-hybridized carbons (Fsp3) is 0.360. The van der Waals surface area contributed by atoms with Crippen molar-refractivity contribution >= 4 is 32.3 Å². The Bertz CT molecular complexity index is 1050. The number of piperazine rings is 1. The summed E-state index contributed by atoms with van der Waals surface area (Å²) in [6.07, 6.45) is 3.80. The molecule has 0 radical (unpaired) electrons. The third kappa shape index (κ3) is 2.88. The summed E-state index contributed by atoms with van der Waals surface area (Å²) in [5.41, 5.74) is 1.52. The van der Waals surface area contributed by atoms with Crippen molar-refractivity contribution in [2.24, 2.45) is 0 Å². The van der Waals surface area contributed by atoms with Crippen molar-refractivity contribution in [3.05, 3.63) is 60.2 Å². The van der Waals surface area contributed by atoms with E-state index in [1.165, 1.54) is 57.1 Å². The van der Waals surface area contributed by atoms with Crippen LogP contribution in [0.3, 0.4) is 0 Å². The first-order valence-electron chi connectivity index (χ1n) is 10.5. The first-order valence-corrected chi connectivity index (χ1v) is 10.5. The molecule has 1 aliphatic rings. The van der Waals surface area contributed by atoms with E-state index >= 15 is 0 Å². The molecular formula is C25H28N2. The van der Waals surface area contributed by atoms with Gasteiger partial charge in [0, 0.05) is 32.2 Å². The standard InChI is InChI=1S/C25H28N2/c1-2-3-7-23(27-16-14-26-15-17-27)21-12-10-20-9-8-18-5-4-6-19-11-13-22(21)25(20)24(18)19/h4-6,8-13,23,26H,2-3,7,14-17H2,1H3/t23-/m1/s1. The van der Waals surface area contributed by atoms with Gasteiger partial charge in [0.1, 0.15) is 0 Å². The third-order valence-corrected chi connectivity index (χ3v) is 6.34. The Morgan fingerprint density at radius 2 is 1.52 bits per heavy atom. The van der Waals surface area contributed by atoms with Gasteiger partial charge in [-0.05, 0) is 44.3 Å². The molecule has 138 valence electrons. The second kappa shape index (κ2) is 7.10. The molecule has 1 N–H and O–H groups in total. The molecule has 0 saturated carbocycles. The molecule has 4 aromatic rings. The first kappa shape index (κ1) is 17.0. The molecular weight excluding hydrogens is 328 g/mol. The van der Waals surface area contributed by atoms with E-state index in [1.54, 1.807) is 0 Å². The maximum absolute atomic E-state index is 3.51. The van der Waals surface area contributed by atoms with Gasteiger partial charge in [-0.2, -0.15) is 0 Å². The normalized spacial score (nSPS) is 17.2. The second-order valence-electron chi connectivity index (χ2n) is 7.95. The van der Waals surface area contributed by atoms with Gasteiger partial charge in [0.05, 0.1) is 0 Å². The second-order valence-corrected chi connectivity index (χ2v) is 7.95. The molecule has 0 spiro atoms. The number of nitrogens with zero attached hydrogens (tertiary/aromatic N) is 1. The lowest BCUT2D eigenvalue weighted by atomic mass is 9.88. The van der Waals surface area contributed by atoms with E-state index in [-0.39, 0.29) is 0 Å². The van der Waals surface area contributed by atoms with Crippen molar-refractivity contribution in [3.8, 4) is 0 Å². The van der Waals surface area contributed by atoms with E-state index in [0.29, 0.717) is 6.04 Å². The van der Waals surface area contributed by atoms with E-state index in [9.17, 15) is 0 Å². The van der Waals surface area contributed by atoms with Crippen molar-refractivity contribution in [2.45, 2.75) is 32.2 Å². The Labute approximate surface area is 161 Å². The Morgan fingerprint density at radius 1 is 0.852 bits per heavy atom. The Hall–Kier alpha value is -2.16. The molecule has 1 heterocycles. The predicted molar refractivity (Wildman–Crippen MR) is 117 cm³/mol. The minimum atomic E-state index is 0.525. The lowest BCUT2D eigenvalue weighted by Crippen LogP contribution is -2.45. The highest BCUT2D eigenvalue weighted by atomic mass is 15.2. The van der Waals surface area contributed by atoms with Crippen molar-refractivity contribution in [3.63, 3.8) is 0 Å². The maximum atomic E-state index is 3.51. The molecule has 1 atom stereocenters. The van der Waals surface area contributed by atoms with Gasteiger partial charge in [0.2, 0.25) is 0 Å². The van der Waals surface area contributed by atoms with Gasteiger partial charge in [0.25, 0.3) is 0 Å². The van der Waals surface area contributed by atoms with Crippen LogP contribution in [0.4, 0.5) is 0 Å². The maximum Gasteiger partial charge on any atom is 0.0355 e. The number of rotatable bonds is 5. The lowest BCUT2D eigenvalue weighted by Gasteiger charge is -2.36. The average Bonchev–Trinajstić information content (AvgIpc) is 2.74.